The lowest BCUT2D eigenvalue weighted by Gasteiger charge is -2.10. The Balaban J connectivity index is 1.94. The van der Waals surface area contributed by atoms with Crippen molar-refractivity contribution in [3.8, 4) is 5.75 Å². The highest BCUT2D eigenvalue weighted by Gasteiger charge is 2.18. The van der Waals surface area contributed by atoms with Gasteiger partial charge in [0, 0.05) is 10.0 Å². The summed E-state index contributed by atoms with van der Waals surface area (Å²) >= 11 is 3.36. The second kappa shape index (κ2) is 7.23. The molecule has 3 rings (SSSR count). The van der Waals surface area contributed by atoms with E-state index in [4.69, 9.17) is 4.74 Å². The van der Waals surface area contributed by atoms with Crippen LogP contribution in [0.3, 0.4) is 0 Å². The van der Waals surface area contributed by atoms with Gasteiger partial charge in [0.2, 0.25) is 0 Å². The van der Waals surface area contributed by atoms with Gasteiger partial charge in [-0.3, -0.25) is 4.79 Å². The molecule has 0 saturated heterocycles. The van der Waals surface area contributed by atoms with Crippen molar-refractivity contribution in [3.05, 3.63) is 100 Å². The van der Waals surface area contributed by atoms with E-state index >= 15 is 0 Å². The second-order valence-electron chi connectivity index (χ2n) is 5.09. The van der Waals surface area contributed by atoms with Crippen LogP contribution in [-0.4, -0.2) is 11.8 Å². The first-order chi connectivity index (χ1) is 11.6. The van der Waals surface area contributed by atoms with Gasteiger partial charge in [0.05, 0.1) is 11.1 Å². The maximum Gasteiger partial charge on any atom is 0.343 e. The number of rotatable bonds is 4. The average molecular weight is 381 g/mol. The van der Waals surface area contributed by atoms with E-state index in [1.54, 1.807) is 66.7 Å². The second-order valence-corrected chi connectivity index (χ2v) is 6.01. The van der Waals surface area contributed by atoms with Crippen LogP contribution in [0.4, 0.5) is 0 Å². The fourth-order valence-electron chi connectivity index (χ4n) is 2.25. The molecule has 4 heteroatoms. The predicted octanol–water partition coefficient (Wildman–Crippen LogP) is 4.90. The Labute approximate surface area is 148 Å². The first kappa shape index (κ1) is 16.1. The molecule has 0 aliphatic heterocycles. The molecule has 0 heterocycles. The Hall–Kier alpha value is -2.72. The van der Waals surface area contributed by atoms with E-state index in [2.05, 4.69) is 15.9 Å². The molecule has 3 aromatic rings. The van der Waals surface area contributed by atoms with Gasteiger partial charge < -0.3 is 4.74 Å². The summed E-state index contributed by atoms with van der Waals surface area (Å²) in [7, 11) is 0. The lowest BCUT2D eigenvalue weighted by atomic mass is 10.0. The summed E-state index contributed by atoms with van der Waals surface area (Å²) in [5, 5.41) is 0. The monoisotopic (exact) mass is 380 g/mol. The molecule has 0 bridgehead atoms. The summed E-state index contributed by atoms with van der Waals surface area (Å²) < 4.78 is 6.19. The van der Waals surface area contributed by atoms with Gasteiger partial charge in [-0.05, 0) is 30.3 Å². The van der Waals surface area contributed by atoms with Crippen LogP contribution in [0.15, 0.2) is 83.3 Å². The van der Waals surface area contributed by atoms with Gasteiger partial charge in [0.1, 0.15) is 5.75 Å². The lowest BCUT2D eigenvalue weighted by Crippen LogP contribution is -2.12. The average Bonchev–Trinajstić information content (AvgIpc) is 2.64. The van der Waals surface area contributed by atoms with E-state index in [1.807, 2.05) is 12.1 Å². The fourth-order valence-corrected chi connectivity index (χ4v) is 2.61. The third-order valence-electron chi connectivity index (χ3n) is 3.43. The molecule has 0 aromatic heterocycles. The van der Waals surface area contributed by atoms with Crippen molar-refractivity contribution in [2.75, 3.05) is 0 Å². The van der Waals surface area contributed by atoms with Crippen LogP contribution in [-0.2, 0) is 0 Å². The quantitative estimate of drug-likeness (QED) is 0.367. The molecular weight excluding hydrogens is 368 g/mol. The third kappa shape index (κ3) is 3.60. The standard InChI is InChI=1S/C20H13BrO3/c21-16-11-12-18(24-20(23)15-9-5-2-6-10-15)17(13-16)19(22)14-7-3-1-4-8-14/h1-13H. The van der Waals surface area contributed by atoms with Gasteiger partial charge in [0.15, 0.2) is 5.78 Å². The van der Waals surface area contributed by atoms with E-state index in [9.17, 15) is 9.59 Å². The van der Waals surface area contributed by atoms with Crippen LogP contribution in [0.2, 0.25) is 0 Å². The number of benzene rings is 3. The number of carbonyl (C=O) groups is 2. The lowest BCUT2D eigenvalue weighted by molar-refractivity contribution is 0.0733. The molecule has 0 spiro atoms. The first-order valence-corrected chi connectivity index (χ1v) is 8.11. The highest BCUT2D eigenvalue weighted by Crippen LogP contribution is 2.26. The third-order valence-corrected chi connectivity index (χ3v) is 3.93. The van der Waals surface area contributed by atoms with E-state index < -0.39 is 5.97 Å². The molecule has 0 fully saturated rings. The summed E-state index contributed by atoms with van der Waals surface area (Å²) in [6.07, 6.45) is 0. The molecular formula is C20H13BrO3. The summed E-state index contributed by atoms with van der Waals surface area (Å²) in [6.45, 7) is 0. The van der Waals surface area contributed by atoms with Crippen molar-refractivity contribution in [3.63, 3.8) is 0 Å². The number of hydrogen-bond donors (Lipinski definition) is 0. The van der Waals surface area contributed by atoms with Crippen LogP contribution < -0.4 is 4.74 Å². The minimum Gasteiger partial charge on any atom is -0.422 e. The van der Waals surface area contributed by atoms with Crippen molar-refractivity contribution in [2.24, 2.45) is 0 Å². The summed E-state index contributed by atoms with van der Waals surface area (Å²) in [4.78, 5) is 25.0. The number of esters is 1. The van der Waals surface area contributed by atoms with Crippen molar-refractivity contribution in [2.45, 2.75) is 0 Å². The van der Waals surface area contributed by atoms with Crippen molar-refractivity contribution in [1.29, 1.82) is 0 Å². The molecule has 0 radical (unpaired) electrons. The van der Waals surface area contributed by atoms with Crippen molar-refractivity contribution < 1.29 is 14.3 Å². The minimum atomic E-state index is -0.500. The number of hydrogen-bond acceptors (Lipinski definition) is 3. The maximum absolute atomic E-state index is 12.7. The fraction of sp³-hybridized carbons (Fsp3) is 0. The Bertz CT molecular complexity index is 874. The van der Waals surface area contributed by atoms with E-state index in [0.29, 0.717) is 16.7 Å². The summed E-state index contributed by atoms with van der Waals surface area (Å²) in [6, 6.07) is 22.6. The number of ketones is 1. The Morgan fingerprint density at radius 2 is 1.33 bits per heavy atom. The van der Waals surface area contributed by atoms with Crippen LogP contribution in [0, 0.1) is 0 Å². The molecule has 3 aromatic carbocycles. The highest BCUT2D eigenvalue weighted by atomic mass is 79.9. The predicted molar refractivity (Wildman–Crippen MR) is 95.4 cm³/mol. The van der Waals surface area contributed by atoms with Crippen LogP contribution in [0.25, 0.3) is 0 Å². The van der Waals surface area contributed by atoms with Gasteiger partial charge in [-0.1, -0.05) is 64.5 Å². The molecule has 24 heavy (non-hydrogen) atoms. The summed E-state index contributed by atoms with van der Waals surface area (Å²) in [5.74, 6) is -0.464. The smallest absolute Gasteiger partial charge is 0.343 e. The molecule has 0 saturated carbocycles. The van der Waals surface area contributed by atoms with Crippen LogP contribution in [0.5, 0.6) is 5.75 Å². The Morgan fingerprint density at radius 1 is 0.750 bits per heavy atom. The number of halogens is 1. The van der Waals surface area contributed by atoms with E-state index in [1.165, 1.54) is 0 Å². The van der Waals surface area contributed by atoms with Gasteiger partial charge in [-0.2, -0.15) is 0 Å². The minimum absolute atomic E-state index is 0.201. The molecule has 0 unspecified atom stereocenters. The van der Waals surface area contributed by atoms with Crippen molar-refractivity contribution in [1.82, 2.24) is 0 Å². The van der Waals surface area contributed by atoms with Crippen LogP contribution >= 0.6 is 15.9 Å². The Kier molecular flexibility index (Phi) is 4.87. The highest BCUT2D eigenvalue weighted by molar-refractivity contribution is 9.10. The SMILES string of the molecule is O=C(Oc1ccc(Br)cc1C(=O)c1ccccc1)c1ccccc1. The zero-order valence-corrected chi connectivity index (χ0v) is 14.2. The molecule has 0 N–H and O–H groups in total. The Morgan fingerprint density at radius 3 is 1.96 bits per heavy atom. The van der Waals surface area contributed by atoms with Crippen molar-refractivity contribution >= 4 is 27.7 Å². The molecule has 0 aliphatic carbocycles. The topological polar surface area (TPSA) is 43.4 Å². The zero-order valence-electron chi connectivity index (χ0n) is 12.6. The largest absolute Gasteiger partial charge is 0.422 e. The molecule has 118 valence electrons. The zero-order chi connectivity index (χ0) is 16.9. The summed E-state index contributed by atoms with van der Waals surface area (Å²) in [5.41, 5.74) is 1.30. The van der Waals surface area contributed by atoms with Gasteiger partial charge in [-0.15, -0.1) is 0 Å². The maximum atomic E-state index is 12.7. The van der Waals surface area contributed by atoms with Gasteiger partial charge in [0.25, 0.3) is 0 Å². The first-order valence-electron chi connectivity index (χ1n) is 7.31. The molecule has 0 amide bonds. The van der Waals surface area contributed by atoms with Crippen LogP contribution in [0.1, 0.15) is 26.3 Å². The van der Waals surface area contributed by atoms with Gasteiger partial charge in [-0.25, -0.2) is 4.79 Å². The number of carbonyl (C=O) groups excluding carboxylic acids is 2. The van der Waals surface area contributed by atoms with E-state index in [0.717, 1.165) is 4.47 Å². The molecule has 3 nitrogen and oxygen atoms in total. The number of ether oxygens (including phenoxy) is 1. The molecule has 0 atom stereocenters. The van der Waals surface area contributed by atoms with Gasteiger partial charge >= 0.3 is 5.97 Å². The van der Waals surface area contributed by atoms with E-state index in [-0.39, 0.29) is 11.5 Å². The molecule has 0 aliphatic rings. The normalized spacial score (nSPS) is 10.2.